The predicted molar refractivity (Wildman–Crippen MR) is 179 cm³/mol. The van der Waals surface area contributed by atoms with Gasteiger partial charge >= 0.3 is 0 Å². The number of halogens is 1. The molecule has 1 aliphatic heterocycles. The van der Waals surface area contributed by atoms with E-state index in [0.717, 1.165) is 63.1 Å². The van der Waals surface area contributed by atoms with E-state index in [1.165, 1.54) is 12.6 Å². The molecule has 258 valence electrons. The lowest BCUT2D eigenvalue weighted by molar-refractivity contribution is 0.00503. The molecule has 6 rings (SSSR count). The van der Waals surface area contributed by atoms with E-state index in [0.29, 0.717) is 47.3 Å². The first kappa shape index (κ1) is 34.0. The van der Waals surface area contributed by atoms with E-state index >= 15 is 0 Å². The largest absolute Gasteiger partial charge is 0.487 e. The Morgan fingerprint density at radius 1 is 1.08 bits per heavy atom. The number of benzene rings is 1. The van der Waals surface area contributed by atoms with Crippen molar-refractivity contribution in [1.82, 2.24) is 44.9 Å². The highest BCUT2D eigenvalue weighted by Crippen LogP contribution is 2.35. The van der Waals surface area contributed by atoms with Gasteiger partial charge in [-0.2, -0.15) is 0 Å². The van der Waals surface area contributed by atoms with Gasteiger partial charge in [-0.1, -0.05) is 17.7 Å². The van der Waals surface area contributed by atoms with Crippen LogP contribution in [0.15, 0.2) is 43.1 Å². The fraction of sp³-hybridized carbons (Fsp3) is 0.548. The lowest BCUT2D eigenvalue weighted by Gasteiger charge is -2.38. The van der Waals surface area contributed by atoms with Gasteiger partial charge in [0.25, 0.3) is 5.88 Å². The molecule has 1 atom stereocenters. The molecule has 1 aliphatic carbocycles. The Balaban J connectivity index is 1.13. The highest BCUT2D eigenvalue weighted by Gasteiger charge is 2.29. The number of morpholine rings is 1. The maximum Gasteiger partial charge on any atom is 0.256 e. The molecule has 1 saturated carbocycles. The van der Waals surface area contributed by atoms with Gasteiger partial charge in [0, 0.05) is 43.3 Å². The summed E-state index contributed by atoms with van der Waals surface area (Å²) in [6.07, 6.45) is 12.5. The van der Waals surface area contributed by atoms with E-state index < -0.39 is 9.84 Å². The van der Waals surface area contributed by atoms with Crippen LogP contribution < -0.4 is 14.8 Å². The molecule has 4 aromatic rings. The molecule has 0 spiro atoms. The third-order valence-corrected chi connectivity index (χ3v) is 9.87. The van der Waals surface area contributed by atoms with Crippen molar-refractivity contribution in [2.75, 3.05) is 50.2 Å². The minimum atomic E-state index is -3.09. The third kappa shape index (κ3) is 9.18. The lowest BCUT2D eigenvalue weighted by Crippen LogP contribution is -2.45. The molecule has 1 aromatic carbocycles. The van der Waals surface area contributed by atoms with Crippen molar-refractivity contribution in [1.29, 1.82) is 0 Å². The van der Waals surface area contributed by atoms with Crippen molar-refractivity contribution in [2.24, 2.45) is 0 Å². The number of sulfone groups is 1. The van der Waals surface area contributed by atoms with Crippen molar-refractivity contribution < 1.29 is 22.6 Å². The summed E-state index contributed by atoms with van der Waals surface area (Å²) in [5, 5.41) is 19.7. The topological polar surface area (TPSA) is 164 Å². The Labute approximate surface area is 284 Å². The first-order chi connectivity index (χ1) is 23.2. The summed E-state index contributed by atoms with van der Waals surface area (Å²) < 4.78 is 44.4. The van der Waals surface area contributed by atoms with Crippen LogP contribution in [-0.2, 0) is 21.1 Å². The van der Waals surface area contributed by atoms with Crippen LogP contribution in [0.1, 0.15) is 45.1 Å². The molecule has 17 heteroatoms. The maximum atomic E-state index is 11.6. The maximum absolute atomic E-state index is 11.6. The van der Waals surface area contributed by atoms with E-state index in [9.17, 15) is 8.42 Å². The molecule has 1 saturated heterocycles. The quantitative estimate of drug-likeness (QED) is 0.189. The van der Waals surface area contributed by atoms with Crippen molar-refractivity contribution in [3.8, 4) is 22.8 Å². The normalized spacial score (nSPS) is 19.6. The molecule has 15 nitrogen and oxygen atoms in total. The lowest BCUT2D eigenvalue weighted by atomic mass is 9.90. The first-order valence-corrected chi connectivity index (χ1v) is 18.6. The highest BCUT2D eigenvalue weighted by molar-refractivity contribution is 7.90. The van der Waals surface area contributed by atoms with Crippen molar-refractivity contribution >= 4 is 33.1 Å². The number of hydrogen-bond donors (Lipinski definition) is 1. The Kier molecular flexibility index (Phi) is 11.0. The molecule has 0 amide bonds. The number of ether oxygens (including phenoxy) is 3. The van der Waals surface area contributed by atoms with Gasteiger partial charge in [0.05, 0.1) is 49.4 Å². The van der Waals surface area contributed by atoms with Crippen LogP contribution in [0.3, 0.4) is 0 Å². The summed E-state index contributed by atoms with van der Waals surface area (Å²) in [4.78, 5) is 11.7. The molecule has 0 unspecified atom stereocenters. The number of hydrogen-bond acceptors (Lipinski definition) is 13. The standard InChI is InChI=1S/C31H41ClN10O5S/c1-22(19-41-21-35-38-39-41)47-29-16-23(4-9-27(29)32)24-17-33-31(34-18-24)36-28-20-42(37-30(28)46-12-3-15-48(2,43)44)26-7-5-25(6-8-26)40-10-13-45-14-11-40/h4,9,16-18,20-22,25-26H,3,5-8,10-15,19H2,1-2H3,(H,33,34,36)/t22-,25?,26?/m0/s1. The Morgan fingerprint density at radius 3 is 2.54 bits per heavy atom. The van der Waals surface area contributed by atoms with E-state index in [2.05, 4.69) is 35.7 Å². The number of rotatable bonds is 14. The van der Waals surface area contributed by atoms with Gasteiger partial charge in [0.2, 0.25) is 5.95 Å². The molecular formula is C31H41ClN10O5S. The SMILES string of the molecule is C[C@@H](Cn1cnnn1)Oc1cc(-c2cnc(Nc3cn(C4CCC(N5CCOCC5)CC4)nc3OCCCS(C)(=O)=O)nc2)ccc1Cl. The van der Waals surface area contributed by atoms with Crippen LogP contribution >= 0.6 is 11.6 Å². The van der Waals surface area contributed by atoms with Gasteiger partial charge in [0.15, 0.2) is 0 Å². The highest BCUT2D eigenvalue weighted by atomic mass is 35.5. The van der Waals surface area contributed by atoms with Crippen LogP contribution in [0.2, 0.25) is 5.02 Å². The van der Waals surface area contributed by atoms with Gasteiger partial charge < -0.3 is 19.5 Å². The fourth-order valence-electron chi connectivity index (χ4n) is 6.09. The molecule has 48 heavy (non-hydrogen) atoms. The second kappa shape index (κ2) is 15.6. The van der Waals surface area contributed by atoms with E-state index in [4.69, 9.17) is 30.9 Å². The molecule has 0 bridgehead atoms. The van der Waals surface area contributed by atoms with Crippen molar-refractivity contribution in [3.63, 3.8) is 0 Å². The Bertz CT molecular complexity index is 1720. The molecule has 4 heterocycles. The molecule has 0 radical (unpaired) electrons. The van der Waals surface area contributed by atoms with E-state index in [-0.39, 0.29) is 24.5 Å². The Hall–Kier alpha value is -3.86. The minimum Gasteiger partial charge on any atom is -0.487 e. The summed E-state index contributed by atoms with van der Waals surface area (Å²) in [7, 11) is -3.09. The third-order valence-electron chi connectivity index (χ3n) is 8.53. The molecular weight excluding hydrogens is 660 g/mol. The number of aromatic nitrogens is 8. The second-order valence-corrected chi connectivity index (χ2v) is 15.0. The number of tetrazole rings is 1. The fourth-order valence-corrected chi connectivity index (χ4v) is 6.90. The van der Waals surface area contributed by atoms with Crippen LogP contribution in [0.5, 0.6) is 11.6 Å². The average molecular weight is 701 g/mol. The average Bonchev–Trinajstić information content (AvgIpc) is 3.74. The second-order valence-electron chi connectivity index (χ2n) is 12.3. The van der Waals surface area contributed by atoms with Crippen LogP contribution in [0.4, 0.5) is 11.6 Å². The van der Waals surface area contributed by atoms with Crippen molar-refractivity contribution in [2.45, 2.75) is 63.8 Å². The summed E-state index contributed by atoms with van der Waals surface area (Å²) in [5.41, 5.74) is 2.24. The summed E-state index contributed by atoms with van der Waals surface area (Å²) in [6, 6.07) is 6.31. The number of nitrogens with zero attached hydrogens (tertiary/aromatic N) is 9. The van der Waals surface area contributed by atoms with E-state index in [1.807, 2.05) is 29.9 Å². The van der Waals surface area contributed by atoms with Gasteiger partial charge in [-0.25, -0.2) is 23.1 Å². The zero-order chi connectivity index (χ0) is 33.5. The van der Waals surface area contributed by atoms with Gasteiger partial charge in [0.1, 0.15) is 33.7 Å². The molecule has 2 fully saturated rings. The minimum absolute atomic E-state index is 0.0439. The molecule has 1 N–H and O–H groups in total. The van der Waals surface area contributed by atoms with Gasteiger partial charge in [-0.15, -0.1) is 10.2 Å². The zero-order valence-corrected chi connectivity index (χ0v) is 28.7. The predicted octanol–water partition coefficient (Wildman–Crippen LogP) is 3.82. The summed E-state index contributed by atoms with van der Waals surface area (Å²) >= 11 is 6.44. The van der Waals surface area contributed by atoms with Crippen LogP contribution in [0.25, 0.3) is 11.1 Å². The number of nitrogens with one attached hydrogen (secondary N) is 1. The monoisotopic (exact) mass is 700 g/mol. The molecule has 3 aromatic heterocycles. The Morgan fingerprint density at radius 2 is 1.83 bits per heavy atom. The van der Waals surface area contributed by atoms with Gasteiger partial charge in [-0.05, 0) is 67.2 Å². The summed E-state index contributed by atoms with van der Waals surface area (Å²) in [6.45, 7) is 6.18. The summed E-state index contributed by atoms with van der Waals surface area (Å²) in [5.74, 6) is 1.33. The van der Waals surface area contributed by atoms with Crippen LogP contribution in [-0.4, -0.2) is 110 Å². The smallest absolute Gasteiger partial charge is 0.256 e. The van der Waals surface area contributed by atoms with Crippen molar-refractivity contribution in [3.05, 3.63) is 48.1 Å². The molecule has 2 aliphatic rings. The zero-order valence-electron chi connectivity index (χ0n) is 27.1. The van der Waals surface area contributed by atoms with E-state index in [1.54, 1.807) is 23.1 Å². The van der Waals surface area contributed by atoms with Crippen LogP contribution in [0, 0.1) is 0 Å². The number of anilines is 2. The first-order valence-electron chi connectivity index (χ1n) is 16.2. The van der Waals surface area contributed by atoms with Gasteiger partial charge in [-0.3, -0.25) is 9.58 Å².